The second kappa shape index (κ2) is 13.5. The van der Waals surface area contributed by atoms with E-state index in [0.29, 0.717) is 32.7 Å². The fraction of sp³-hybridized carbons (Fsp3) is 0.917. The van der Waals surface area contributed by atoms with E-state index in [0.717, 1.165) is 12.5 Å². The van der Waals surface area contributed by atoms with Crippen molar-refractivity contribution in [2.24, 2.45) is 4.99 Å². The van der Waals surface area contributed by atoms with Crippen molar-refractivity contribution < 1.29 is 13.2 Å². The van der Waals surface area contributed by atoms with E-state index in [9.17, 15) is 8.42 Å². The summed E-state index contributed by atoms with van der Waals surface area (Å²) in [5, 5.41) is 6.26. The lowest BCUT2D eigenvalue weighted by Crippen LogP contribution is -2.39. The van der Waals surface area contributed by atoms with Gasteiger partial charge in [0.2, 0.25) is 10.0 Å². The van der Waals surface area contributed by atoms with E-state index in [2.05, 4.69) is 15.6 Å². The van der Waals surface area contributed by atoms with Gasteiger partial charge in [0.05, 0.1) is 12.4 Å². The van der Waals surface area contributed by atoms with Crippen molar-refractivity contribution in [1.29, 1.82) is 0 Å². The summed E-state index contributed by atoms with van der Waals surface area (Å²) < 4.78 is 29.5. The molecule has 0 spiro atoms. The molecular weight excluding hydrogens is 407 g/mol. The van der Waals surface area contributed by atoms with E-state index in [1.54, 1.807) is 21.1 Å². The molecule has 0 rings (SSSR count). The quantitative estimate of drug-likeness (QED) is 0.225. The lowest BCUT2D eigenvalue weighted by atomic mass is 10.4. The number of ether oxygens (including phenoxy) is 1. The summed E-state index contributed by atoms with van der Waals surface area (Å²) in [6.07, 6.45) is 0.691. The number of aliphatic imine (C=N–C) groups is 1. The zero-order valence-corrected chi connectivity index (χ0v) is 16.5. The Kier molecular flexibility index (Phi) is 14.9. The van der Waals surface area contributed by atoms with Crippen LogP contribution in [-0.2, 0) is 14.8 Å². The molecule has 0 radical (unpaired) electrons. The number of methoxy groups -OCH3 is 1. The van der Waals surface area contributed by atoms with Crippen LogP contribution in [0.3, 0.4) is 0 Å². The highest BCUT2D eigenvalue weighted by molar-refractivity contribution is 14.0. The van der Waals surface area contributed by atoms with Crippen LogP contribution in [0.4, 0.5) is 0 Å². The van der Waals surface area contributed by atoms with E-state index >= 15 is 0 Å². The summed E-state index contributed by atoms with van der Waals surface area (Å²) in [5.41, 5.74) is 0. The number of hydrogen-bond donors (Lipinski definition) is 2. The summed E-state index contributed by atoms with van der Waals surface area (Å²) in [6.45, 7) is 6.78. The third kappa shape index (κ3) is 11.1. The molecule has 0 saturated carbocycles. The molecule has 0 amide bonds. The lowest BCUT2D eigenvalue weighted by Gasteiger charge is -2.15. The van der Waals surface area contributed by atoms with Crippen molar-refractivity contribution >= 4 is 40.0 Å². The predicted molar refractivity (Wildman–Crippen MR) is 98.0 cm³/mol. The molecule has 0 aromatic rings. The van der Waals surface area contributed by atoms with Crippen molar-refractivity contribution in [3.8, 4) is 0 Å². The van der Waals surface area contributed by atoms with E-state index in [1.807, 2.05) is 6.92 Å². The monoisotopic (exact) mass is 436 g/mol. The molecule has 9 heteroatoms. The number of hydrogen-bond acceptors (Lipinski definition) is 4. The van der Waals surface area contributed by atoms with E-state index in [1.165, 1.54) is 4.31 Å². The first-order valence-corrected chi connectivity index (χ1v) is 8.54. The molecule has 0 bridgehead atoms. The molecule has 128 valence electrons. The van der Waals surface area contributed by atoms with Crippen LogP contribution in [0.25, 0.3) is 0 Å². The van der Waals surface area contributed by atoms with Crippen LogP contribution in [0.2, 0.25) is 0 Å². The fourth-order valence-electron chi connectivity index (χ4n) is 1.46. The lowest BCUT2D eigenvalue weighted by molar-refractivity contribution is 0.203. The second-order valence-corrected chi connectivity index (χ2v) is 6.62. The fourth-order valence-corrected chi connectivity index (χ4v) is 2.30. The summed E-state index contributed by atoms with van der Waals surface area (Å²) in [7, 11) is 0.161. The first kappa shape index (κ1) is 23.1. The third-order valence-corrected chi connectivity index (χ3v) is 4.55. The molecule has 21 heavy (non-hydrogen) atoms. The number of nitrogens with zero attached hydrogens (tertiary/aromatic N) is 2. The molecule has 0 aromatic heterocycles. The maximum absolute atomic E-state index is 11.6. The van der Waals surface area contributed by atoms with Gasteiger partial charge in [-0.05, 0) is 20.3 Å². The molecule has 0 fully saturated rings. The van der Waals surface area contributed by atoms with Crippen molar-refractivity contribution in [1.82, 2.24) is 14.9 Å². The summed E-state index contributed by atoms with van der Waals surface area (Å²) in [6, 6.07) is 0. The Morgan fingerprint density at radius 2 is 1.95 bits per heavy atom. The van der Waals surface area contributed by atoms with Crippen molar-refractivity contribution in [2.75, 3.05) is 52.7 Å². The van der Waals surface area contributed by atoms with Gasteiger partial charge in [-0.15, -0.1) is 24.0 Å². The van der Waals surface area contributed by atoms with Gasteiger partial charge in [0.25, 0.3) is 0 Å². The maximum atomic E-state index is 11.6. The Morgan fingerprint density at radius 3 is 2.48 bits per heavy atom. The molecule has 0 aliphatic rings. The smallest absolute Gasteiger partial charge is 0.213 e. The SMILES string of the molecule is CCNC(=NCCCN(C)S(=O)(=O)CC)NCCOC.I. The van der Waals surface area contributed by atoms with Crippen molar-refractivity contribution in [2.45, 2.75) is 20.3 Å². The summed E-state index contributed by atoms with van der Waals surface area (Å²) in [4.78, 5) is 4.38. The number of sulfonamides is 1. The normalized spacial score (nSPS) is 12.1. The van der Waals surface area contributed by atoms with Gasteiger partial charge in [0.15, 0.2) is 5.96 Å². The number of rotatable bonds is 10. The minimum atomic E-state index is -3.09. The maximum Gasteiger partial charge on any atom is 0.213 e. The molecule has 0 unspecified atom stereocenters. The van der Waals surface area contributed by atoms with Gasteiger partial charge in [0, 0.05) is 40.3 Å². The molecular formula is C12H29IN4O3S. The standard InChI is InChI=1S/C12H28N4O3S.HI/c1-5-13-12(15-9-11-19-4)14-8-7-10-16(3)20(17,18)6-2;/h5-11H2,1-4H3,(H2,13,14,15);1H. The molecule has 0 aliphatic carbocycles. The first-order valence-electron chi connectivity index (χ1n) is 6.93. The Bertz CT molecular complexity index is 377. The van der Waals surface area contributed by atoms with Crippen LogP contribution in [0.1, 0.15) is 20.3 Å². The number of guanidine groups is 1. The van der Waals surface area contributed by atoms with E-state index in [-0.39, 0.29) is 29.7 Å². The zero-order valence-electron chi connectivity index (χ0n) is 13.4. The van der Waals surface area contributed by atoms with Gasteiger partial charge in [0.1, 0.15) is 0 Å². The van der Waals surface area contributed by atoms with Gasteiger partial charge in [-0.3, -0.25) is 4.99 Å². The molecule has 0 aromatic carbocycles. The number of nitrogens with one attached hydrogen (secondary N) is 2. The van der Waals surface area contributed by atoms with Crippen LogP contribution < -0.4 is 10.6 Å². The molecule has 7 nitrogen and oxygen atoms in total. The Balaban J connectivity index is 0. The van der Waals surface area contributed by atoms with Crippen molar-refractivity contribution in [3.05, 3.63) is 0 Å². The minimum absolute atomic E-state index is 0. The molecule has 2 N–H and O–H groups in total. The summed E-state index contributed by atoms with van der Waals surface area (Å²) >= 11 is 0. The second-order valence-electron chi connectivity index (χ2n) is 4.26. The zero-order chi connectivity index (χ0) is 15.4. The predicted octanol–water partition coefficient (Wildman–Crippen LogP) is 0.478. The average molecular weight is 436 g/mol. The highest BCUT2D eigenvalue weighted by atomic mass is 127. The van der Waals surface area contributed by atoms with Gasteiger partial charge < -0.3 is 15.4 Å². The highest BCUT2D eigenvalue weighted by Gasteiger charge is 2.13. The van der Waals surface area contributed by atoms with Crippen LogP contribution in [0.15, 0.2) is 4.99 Å². The van der Waals surface area contributed by atoms with E-state index < -0.39 is 10.0 Å². The average Bonchev–Trinajstić information content (AvgIpc) is 2.43. The van der Waals surface area contributed by atoms with E-state index in [4.69, 9.17) is 4.74 Å². The van der Waals surface area contributed by atoms with Gasteiger partial charge in [-0.2, -0.15) is 0 Å². The third-order valence-electron chi connectivity index (χ3n) is 2.68. The molecule has 0 heterocycles. The van der Waals surface area contributed by atoms with Crippen LogP contribution in [0, 0.1) is 0 Å². The van der Waals surface area contributed by atoms with Gasteiger partial charge in [-0.1, -0.05) is 0 Å². The topological polar surface area (TPSA) is 83.0 Å². The van der Waals surface area contributed by atoms with Crippen LogP contribution >= 0.6 is 24.0 Å². The molecule has 0 aliphatic heterocycles. The minimum Gasteiger partial charge on any atom is -0.383 e. The Morgan fingerprint density at radius 1 is 1.29 bits per heavy atom. The first-order chi connectivity index (χ1) is 9.47. The Hall–Kier alpha value is -0.130. The number of halogens is 1. The van der Waals surface area contributed by atoms with Crippen molar-refractivity contribution in [3.63, 3.8) is 0 Å². The molecule has 0 atom stereocenters. The molecule has 0 saturated heterocycles. The largest absolute Gasteiger partial charge is 0.383 e. The Labute approximate surface area is 146 Å². The van der Waals surface area contributed by atoms with Crippen LogP contribution in [-0.4, -0.2) is 71.4 Å². The summed E-state index contributed by atoms with van der Waals surface area (Å²) in [5.74, 6) is 0.860. The van der Waals surface area contributed by atoms with Crippen LogP contribution in [0.5, 0.6) is 0 Å². The highest BCUT2D eigenvalue weighted by Crippen LogP contribution is 1.98. The van der Waals surface area contributed by atoms with Gasteiger partial charge >= 0.3 is 0 Å². The van der Waals surface area contributed by atoms with Gasteiger partial charge in [-0.25, -0.2) is 12.7 Å².